The normalized spacial score (nSPS) is 16.2. The Hall–Kier alpha value is -0.900. The van der Waals surface area contributed by atoms with Gasteiger partial charge in [-0.2, -0.15) is 0 Å². The first-order chi connectivity index (χ1) is 10.4. The Morgan fingerprint density at radius 2 is 1.76 bits per heavy atom. The van der Waals surface area contributed by atoms with Crippen LogP contribution in [-0.2, 0) is 13.1 Å². The van der Waals surface area contributed by atoms with Gasteiger partial charge in [-0.1, -0.05) is 43.5 Å². The second-order valence-electron chi connectivity index (χ2n) is 6.17. The minimum absolute atomic E-state index is 0.789. The predicted octanol–water partition coefficient (Wildman–Crippen LogP) is 2.81. The molecule has 3 nitrogen and oxygen atoms in total. The van der Waals surface area contributed by atoms with Gasteiger partial charge >= 0.3 is 0 Å². The maximum Gasteiger partial charge on any atom is 0.0205 e. The molecular formula is C18H31N3. The summed E-state index contributed by atoms with van der Waals surface area (Å²) in [4.78, 5) is 0. The van der Waals surface area contributed by atoms with E-state index in [4.69, 9.17) is 0 Å². The van der Waals surface area contributed by atoms with Crippen molar-refractivity contribution < 1.29 is 0 Å². The van der Waals surface area contributed by atoms with Crippen molar-refractivity contribution in [3.63, 3.8) is 0 Å². The Kier molecular flexibility index (Phi) is 7.79. The predicted molar refractivity (Wildman–Crippen MR) is 90.4 cm³/mol. The summed E-state index contributed by atoms with van der Waals surface area (Å²) in [5.74, 6) is 0. The van der Waals surface area contributed by atoms with Crippen LogP contribution in [0.25, 0.3) is 0 Å². The lowest BCUT2D eigenvalue weighted by Gasteiger charge is -2.22. The molecule has 3 heteroatoms. The number of hydrogen-bond acceptors (Lipinski definition) is 3. The second-order valence-corrected chi connectivity index (χ2v) is 6.17. The maximum absolute atomic E-state index is 3.70. The highest BCUT2D eigenvalue weighted by Crippen LogP contribution is 2.17. The van der Waals surface area contributed by atoms with Crippen molar-refractivity contribution in [2.24, 2.45) is 0 Å². The van der Waals surface area contributed by atoms with Crippen LogP contribution in [0.3, 0.4) is 0 Å². The smallest absolute Gasteiger partial charge is 0.0205 e. The summed E-state index contributed by atoms with van der Waals surface area (Å²) in [5, 5.41) is 10.4. The first-order valence-electron chi connectivity index (χ1n) is 8.55. The SMILES string of the molecule is CNCc1cccc(CNCCCNC2CCCCC2)c1. The number of nitrogens with one attached hydrogen (secondary N) is 3. The fourth-order valence-corrected chi connectivity index (χ4v) is 3.11. The van der Waals surface area contributed by atoms with Crippen LogP contribution in [0.5, 0.6) is 0 Å². The fraction of sp³-hybridized carbons (Fsp3) is 0.667. The van der Waals surface area contributed by atoms with Gasteiger partial charge in [-0.15, -0.1) is 0 Å². The lowest BCUT2D eigenvalue weighted by molar-refractivity contribution is 0.371. The van der Waals surface area contributed by atoms with Gasteiger partial charge in [0.1, 0.15) is 0 Å². The summed E-state index contributed by atoms with van der Waals surface area (Å²) in [7, 11) is 1.99. The molecule has 0 heterocycles. The molecule has 0 spiro atoms. The fourth-order valence-electron chi connectivity index (χ4n) is 3.11. The van der Waals surface area contributed by atoms with Crippen LogP contribution < -0.4 is 16.0 Å². The molecule has 0 radical (unpaired) electrons. The largest absolute Gasteiger partial charge is 0.316 e. The van der Waals surface area contributed by atoms with Crippen molar-refractivity contribution in [3.8, 4) is 0 Å². The maximum atomic E-state index is 3.70. The van der Waals surface area contributed by atoms with E-state index in [-0.39, 0.29) is 0 Å². The summed E-state index contributed by atoms with van der Waals surface area (Å²) in [5.41, 5.74) is 2.73. The van der Waals surface area contributed by atoms with Gasteiger partial charge in [-0.25, -0.2) is 0 Å². The van der Waals surface area contributed by atoms with Crippen molar-refractivity contribution in [2.75, 3.05) is 20.1 Å². The van der Waals surface area contributed by atoms with Crippen LogP contribution in [0, 0.1) is 0 Å². The lowest BCUT2D eigenvalue weighted by Crippen LogP contribution is -2.33. The summed E-state index contributed by atoms with van der Waals surface area (Å²) in [6.45, 7) is 4.16. The molecule has 21 heavy (non-hydrogen) atoms. The highest BCUT2D eigenvalue weighted by molar-refractivity contribution is 5.23. The molecule has 0 aliphatic heterocycles. The van der Waals surface area contributed by atoms with E-state index >= 15 is 0 Å². The second kappa shape index (κ2) is 9.93. The van der Waals surface area contributed by atoms with E-state index in [1.807, 2.05) is 7.05 Å². The Morgan fingerprint density at radius 3 is 2.52 bits per heavy atom. The van der Waals surface area contributed by atoms with Crippen molar-refractivity contribution in [1.82, 2.24) is 16.0 Å². The minimum Gasteiger partial charge on any atom is -0.316 e. The molecule has 0 amide bonds. The van der Waals surface area contributed by atoms with Crippen molar-refractivity contribution in [2.45, 2.75) is 57.7 Å². The van der Waals surface area contributed by atoms with E-state index in [0.717, 1.165) is 32.2 Å². The minimum atomic E-state index is 0.789. The molecule has 1 aromatic carbocycles. The highest BCUT2D eigenvalue weighted by Gasteiger charge is 2.11. The summed E-state index contributed by atoms with van der Waals surface area (Å²) in [6.07, 6.45) is 8.24. The monoisotopic (exact) mass is 289 g/mol. The van der Waals surface area contributed by atoms with E-state index in [0.29, 0.717) is 0 Å². The van der Waals surface area contributed by atoms with E-state index in [1.54, 1.807) is 0 Å². The molecule has 0 unspecified atom stereocenters. The quantitative estimate of drug-likeness (QED) is 0.612. The van der Waals surface area contributed by atoms with Crippen LogP contribution in [0.15, 0.2) is 24.3 Å². The van der Waals surface area contributed by atoms with Gasteiger partial charge in [0.15, 0.2) is 0 Å². The van der Waals surface area contributed by atoms with Gasteiger partial charge < -0.3 is 16.0 Å². The van der Waals surface area contributed by atoms with Gasteiger partial charge in [0.25, 0.3) is 0 Å². The summed E-state index contributed by atoms with van der Waals surface area (Å²) >= 11 is 0. The van der Waals surface area contributed by atoms with Crippen molar-refractivity contribution in [1.29, 1.82) is 0 Å². The van der Waals surface area contributed by atoms with Gasteiger partial charge in [-0.3, -0.25) is 0 Å². The summed E-state index contributed by atoms with van der Waals surface area (Å²) in [6, 6.07) is 9.59. The average molecular weight is 289 g/mol. The number of hydrogen-bond donors (Lipinski definition) is 3. The molecule has 1 aromatic rings. The zero-order valence-electron chi connectivity index (χ0n) is 13.5. The van der Waals surface area contributed by atoms with E-state index in [9.17, 15) is 0 Å². The molecule has 0 aromatic heterocycles. The number of rotatable bonds is 9. The highest BCUT2D eigenvalue weighted by atomic mass is 14.9. The molecule has 0 bridgehead atoms. The van der Waals surface area contributed by atoms with Crippen LogP contribution in [0.2, 0.25) is 0 Å². The standard InChI is InChI=1S/C18H31N3/c1-19-14-16-7-5-8-17(13-16)15-20-11-6-12-21-18-9-3-2-4-10-18/h5,7-8,13,18-21H,2-4,6,9-12,14-15H2,1H3. The van der Waals surface area contributed by atoms with Crippen molar-refractivity contribution >= 4 is 0 Å². The van der Waals surface area contributed by atoms with Crippen LogP contribution >= 0.6 is 0 Å². The molecule has 1 aliphatic carbocycles. The first kappa shape index (κ1) is 16.5. The molecule has 3 N–H and O–H groups in total. The van der Waals surface area contributed by atoms with Crippen LogP contribution in [0.1, 0.15) is 49.7 Å². The molecule has 1 saturated carbocycles. The topological polar surface area (TPSA) is 36.1 Å². The molecule has 1 aliphatic rings. The Morgan fingerprint density at radius 1 is 1.00 bits per heavy atom. The third kappa shape index (κ3) is 6.60. The van der Waals surface area contributed by atoms with Gasteiger partial charge in [-0.05, 0) is 50.5 Å². The zero-order chi connectivity index (χ0) is 14.8. The van der Waals surface area contributed by atoms with E-state index in [1.165, 1.54) is 49.7 Å². The van der Waals surface area contributed by atoms with Gasteiger partial charge in [0.2, 0.25) is 0 Å². The third-order valence-corrected chi connectivity index (χ3v) is 4.27. The molecule has 1 fully saturated rings. The zero-order valence-corrected chi connectivity index (χ0v) is 13.5. The van der Waals surface area contributed by atoms with E-state index < -0.39 is 0 Å². The lowest BCUT2D eigenvalue weighted by atomic mass is 9.95. The third-order valence-electron chi connectivity index (χ3n) is 4.27. The average Bonchev–Trinajstić information content (AvgIpc) is 2.52. The van der Waals surface area contributed by atoms with Gasteiger partial charge in [0.05, 0.1) is 0 Å². The number of benzene rings is 1. The Bertz CT molecular complexity index is 386. The molecule has 0 saturated heterocycles. The molecule has 118 valence electrons. The Labute approximate surface area is 129 Å². The van der Waals surface area contributed by atoms with Gasteiger partial charge in [0, 0.05) is 19.1 Å². The Balaban J connectivity index is 1.53. The molecule has 0 atom stereocenters. The van der Waals surface area contributed by atoms with Crippen molar-refractivity contribution in [3.05, 3.63) is 35.4 Å². The van der Waals surface area contributed by atoms with Crippen LogP contribution in [-0.4, -0.2) is 26.2 Å². The first-order valence-corrected chi connectivity index (χ1v) is 8.55. The molecule has 2 rings (SSSR count). The molecular weight excluding hydrogens is 258 g/mol. The summed E-state index contributed by atoms with van der Waals surface area (Å²) < 4.78 is 0. The van der Waals surface area contributed by atoms with E-state index in [2.05, 4.69) is 40.2 Å². The van der Waals surface area contributed by atoms with Crippen LogP contribution in [0.4, 0.5) is 0 Å².